The van der Waals surface area contributed by atoms with E-state index in [1.165, 1.54) is 44.2 Å². The van der Waals surface area contributed by atoms with Crippen LogP contribution in [0.4, 0.5) is 0 Å². The molecule has 0 aromatic heterocycles. The number of nitrogens with zero attached hydrogens (tertiary/aromatic N) is 1. The van der Waals surface area contributed by atoms with E-state index in [1.807, 2.05) is 0 Å². The molecule has 2 nitrogen and oxygen atoms in total. The Bertz CT molecular complexity index is 429. The fourth-order valence-corrected chi connectivity index (χ4v) is 4.13. The van der Waals surface area contributed by atoms with Crippen molar-refractivity contribution in [3.8, 4) is 0 Å². The van der Waals surface area contributed by atoms with Crippen molar-refractivity contribution < 1.29 is 0 Å². The van der Waals surface area contributed by atoms with Gasteiger partial charge in [-0.2, -0.15) is 0 Å². The van der Waals surface area contributed by atoms with E-state index < -0.39 is 0 Å². The fraction of sp³-hybridized carbons (Fsp3) is 0.647. The van der Waals surface area contributed by atoms with Crippen LogP contribution < -0.4 is 5.32 Å². The van der Waals surface area contributed by atoms with E-state index in [2.05, 4.69) is 48.5 Å². The molecule has 3 unspecified atom stereocenters. The van der Waals surface area contributed by atoms with Gasteiger partial charge in [0.15, 0.2) is 0 Å². The van der Waals surface area contributed by atoms with E-state index in [0.29, 0.717) is 12.1 Å². The van der Waals surface area contributed by atoms with E-state index in [9.17, 15) is 0 Å². The molecule has 2 aliphatic rings. The first-order chi connectivity index (χ1) is 9.35. The van der Waals surface area contributed by atoms with Crippen molar-refractivity contribution in [2.24, 2.45) is 0 Å². The third kappa shape index (κ3) is 2.32. The molecule has 1 aliphatic carbocycles. The zero-order valence-corrected chi connectivity index (χ0v) is 12.2. The van der Waals surface area contributed by atoms with Crippen LogP contribution in [0, 0.1) is 0 Å². The SMILES string of the molecule is CCC1CCCCN1C1Cc2ccccc2C1NC. The second-order valence-electron chi connectivity index (χ2n) is 6.03. The molecule has 3 atom stereocenters. The normalized spacial score (nSPS) is 31.4. The summed E-state index contributed by atoms with van der Waals surface area (Å²) in [5.74, 6) is 0. The maximum Gasteiger partial charge on any atom is 0.0481 e. The van der Waals surface area contributed by atoms with Crippen molar-refractivity contribution in [3.63, 3.8) is 0 Å². The Kier molecular flexibility index (Phi) is 3.90. The van der Waals surface area contributed by atoms with Gasteiger partial charge in [0.25, 0.3) is 0 Å². The number of likely N-dealkylation sites (tertiary alicyclic amines) is 1. The second-order valence-corrected chi connectivity index (χ2v) is 6.03. The molecule has 104 valence electrons. The Balaban J connectivity index is 1.85. The summed E-state index contributed by atoms with van der Waals surface area (Å²) in [6.07, 6.45) is 6.69. The summed E-state index contributed by atoms with van der Waals surface area (Å²) in [5.41, 5.74) is 3.07. The van der Waals surface area contributed by atoms with Gasteiger partial charge in [-0.25, -0.2) is 0 Å². The molecular weight excluding hydrogens is 232 g/mol. The summed E-state index contributed by atoms with van der Waals surface area (Å²) in [4.78, 5) is 2.80. The summed E-state index contributed by atoms with van der Waals surface area (Å²) < 4.78 is 0. The predicted octanol–water partition coefficient (Wildman–Crippen LogP) is 3.14. The van der Waals surface area contributed by atoms with Crippen molar-refractivity contribution in [2.45, 2.75) is 57.2 Å². The highest BCUT2D eigenvalue weighted by molar-refractivity contribution is 5.37. The summed E-state index contributed by atoms with van der Waals surface area (Å²) >= 11 is 0. The number of nitrogens with one attached hydrogen (secondary N) is 1. The van der Waals surface area contributed by atoms with Crippen LogP contribution >= 0.6 is 0 Å². The molecule has 0 saturated carbocycles. The van der Waals surface area contributed by atoms with Crippen molar-refractivity contribution in [1.82, 2.24) is 10.2 Å². The minimum Gasteiger partial charge on any atom is -0.312 e. The van der Waals surface area contributed by atoms with Crippen molar-refractivity contribution in [3.05, 3.63) is 35.4 Å². The summed E-state index contributed by atoms with van der Waals surface area (Å²) in [5, 5.41) is 3.57. The first kappa shape index (κ1) is 13.1. The highest BCUT2D eigenvalue weighted by Crippen LogP contribution is 2.37. The van der Waals surface area contributed by atoms with Gasteiger partial charge in [-0.05, 0) is 50.4 Å². The van der Waals surface area contributed by atoms with E-state index in [4.69, 9.17) is 0 Å². The topological polar surface area (TPSA) is 15.3 Å². The van der Waals surface area contributed by atoms with Gasteiger partial charge in [-0.3, -0.25) is 4.90 Å². The minimum absolute atomic E-state index is 0.517. The highest BCUT2D eigenvalue weighted by atomic mass is 15.2. The molecule has 1 N–H and O–H groups in total. The smallest absolute Gasteiger partial charge is 0.0481 e. The number of hydrogen-bond donors (Lipinski definition) is 1. The maximum atomic E-state index is 3.57. The number of rotatable bonds is 3. The van der Waals surface area contributed by atoms with Crippen molar-refractivity contribution in [1.29, 1.82) is 0 Å². The highest BCUT2D eigenvalue weighted by Gasteiger charge is 2.38. The molecule has 0 amide bonds. The lowest BCUT2D eigenvalue weighted by atomic mass is 9.95. The van der Waals surface area contributed by atoms with Crippen LogP contribution in [0.25, 0.3) is 0 Å². The van der Waals surface area contributed by atoms with Gasteiger partial charge in [0.2, 0.25) is 0 Å². The average Bonchev–Trinajstić information content (AvgIpc) is 2.85. The number of fused-ring (bicyclic) bond motifs is 1. The summed E-state index contributed by atoms with van der Waals surface area (Å²) in [6, 6.07) is 11.0. The van der Waals surface area contributed by atoms with E-state index in [-0.39, 0.29) is 0 Å². The zero-order chi connectivity index (χ0) is 13.2. The Hall–Kier alpha value is -0.860. The zero-order valence-electron chi connectivity index (χ0n) is 12.2. The van der Waals surface area contributed by atoms with Gasteiger partial charge < -0.3 is 5.32 Å². The monoisotopic (exact) mass is 258 g/mol. The molecule has 0 bridgehead atoms. The van der Waals surface area contributed by atoms with Gasteiger partial charge in [-0.15, -0.1) is 0 Å². The van der Waals surface area contributed by atoms with Gasteiger partial charge in [0, 0.05) is 18.1 Å². The number of likely N-dealkylation sites (N-methyl/N-ethyl adjacent to an activating group) is 1. The van der Waals surface area contributed by atoms with Gasteiger partial charge in [0.1, 0.15) is 0 Å². The lowest BCUT2D eigenvalue weighted by Gasteiger charge is -2.42. The Labute approximate surface area is 117 Å². The largest absolute Gasteiger partial charge is 0.312 e. The van der Waals surface area contributed by atoms with Crippen LogP contribution in [-0.4, -0.2) is 30.6 Å². The van der Waals surface area contributed by atoms with Crippen LogP contribution in [0.2, 0.25) is 0 Å². The Morgan fingerprint density at radius 2 is 2.11 bits per heavy atom. The molecule has 1 fully saturated rings. The lowest BCUT2D eigenvalue weighted by Crippen LogP contribution is -2.49. The minimum atomic E-state index is 0.517. The van der Waals surface area contributed by atoms with Crippen LogP contribution in [0.3, 0.4) is 0 Å². The number of benzene rings is 1. The van der Waals surface area contributed by atoms with Crippen LogP contribution in [-0.2, 0) is 6.42 Å². The number of piperidine rings is 1. The van der Waals surface area contributed by atoms with Gasteiger partial charge in [0.05, 0.1) is 0 Å². The molecule has 1 aromatic rings. The average molecular weight is 258 g/mol. The molecule has 0 spiro atoms. The molecule has 2 heteroatoms. The number of hydrogen-bond acceptors (Lipinski definition) is 2. The molecule has 1 saturated heterocycles. The van der Waals surface area contributed by atoms with Gasteiger partial charge in [-0.1, -0.05) is 37.6 Å². The first-order valence-electron chi connectivity index (χ1n) is 7.86. The van der Waals surface area contributed by atoms with E-state index in [1.54, 1.807) is 5.56 Å². The molecule has 1 heterocycles. The summed E-state index contributed by atoms with van der Waals surface area (Å²) in [6.45, 7) is 3.63. The standard InChI is InChI=1S/C17H26N2/c1-3-14-9-6-7-11-19(14)16-12-13-8-4-5-10-15(13)17(16)18-2/h4-5,8,10,14,16-18H,3,6-7,9,11-12H2,1-2H3. The van der Waals surface area contributed by atoms with Gasteiger partial charge >= 0.3 is 0 Å². The first-order valence-corrected chi connectivity index (χ1v) is 7.86. The Morgan fingerprint density at radius 1 is 1.26 bits per heavy atom. The maximum absolute atomic E-state index is 3.57. The van der Waals surface area contributed by atoms with Crippen LogP contribution in [0.1, 0.15) is 49.8 Å². The molecule has 3 rings (SSSR count). The molecular formula is C17H26N2. The quantitative estimate of drug-likeness (QED) is 0.896. The molecule has 1 aliphatic heterocycles. The summed E-state index contributed by atoms with van der Waals surface area (Å²) in [7, 11) is 2.12. The third-order valence-electron chi connectivity index (χ3n) is 5.08. The van der Waals surface area contributed by atoms with Crippen molar-refractivity contribution in [2.75, 3.05) is 13.6 Å². The lowest BCUT2D eigenvalue weighted by molar-refractivity contribution is 0.0773. The predicted molar refractivity (Wildman–Crippen MR) is 80.4 cm³/mol. The molecule has 1 aromatic carbocycles. The fourth-order valence-electron chi connectivity index (χ4n) is 4.13. The Morgan fingerprint density at radius 3 is 2.89 bits per heavy atom. The van der Waals surface area contributed by atoms with E-state index >= 15 is 0 Å². The van der Waals surface area contributed by atoms with E-state index in [0.717, 1.165) is 6.04 Å². The van der Waals surface area contributed by atoms with Crippen molar-refractivity contribution >= 4 is 0 Å². The molecule has 0 radical (unpaired) electrons. The molecule has 19 heavy (non-hydrogen) atoms. The third-order valence-corrected chi connectivity index (χ3v) is 5.08. The van der Waals surface area contributed by atoms with Crippen LogP contribution in [0.15, 0.2) is 24.3 Å². The van der Waals surface area contributed by atoms with Crippen LogP contribution in [0.5, 0.6) is 0 Å². The second kappa shape index (κ2) is 5.64.